The number of halogens is 2. The Balaban J connectivity index is 1.93. The zero-order valence-corrected chi connectivity index (χ0v) is 11.8. The molecule has 1 N–H and O–H groups in total. The van der Waals surface area contributed by atoms with Crippen LogP contribution >= 0.6 is 15.9 Å². The zero-order valence-electron chi connectivity index (χ0n) is 10.2. The number of amides is 1. The van der Waals surface area contributed by atoms with Crippen molar-refractivity contribution >= 4 is 27.5 Å². The first-order chi connectivity index (χ1) is 8.56. The zero-order chi connectivity index (χ0) is 13.1. The van der Waals surface area contributed by atoms with Crippen LogP contribution in [0.15, 0.2) is 22.7 Å². The maximum absolute atomic E-state index is 13.7. The summed E-state index contributed by atoms with van der Waals surface area (Å²) in [7, 11) is 0. The molecule has 5 heteroatoms. The van der Waals surface area contributed by atoms with Gasteiger partial charge in [0.2, 0.25) is 5.91 Å². The van der Waals surface area contributed by atoms with Crippen molar-refractivity contribution in [3.63, 3.8) is 0 Å². The summed E-state index contributed by atoms with van der Waals surface area (Å²) in [5.41, 5.74) is 0.527. The molecular weight excluding hydrogens is 299 g/mol. The first-order valence-corrected chi connectivity index (χ1v) is 6.82. The average molecular weight is 315 g/mol. The van der Waals surface area contributed by atoms with Crippen molar-refractivity contribution in [3.8, 4) is 0 Å². The van der Waals surface area contributed by atoms with Crippen molar-refractivity contribution in [2.75, 3.05) is 18.4 Å². The molecule has 0 saturated carbocycles. The molecule has 1 aliphatic heterocycles. The van der Waals surface area contributed by atoms with E-state index in [1.54, 1.807) is 13.0 Å². The van der Waals surface area contributed by atoms with Gasteiger partial charge in [-0.3, -0.25) is 4.79 Å². The predicted molar refractivity (Wildman–Crippen MR) is 73.0 cm³/mol. The minimum absolute atomic E-state index is 0.114. The van der Waals surface area contributed by atoms with E-state index in [1.807, 2.05) is 11.0 Å². The van der Waals surface area contributed by atoms with E-state index in [0.717, 1.165) is 30.4 Å². The Morgan fingerprint density at radius 3 is 2.67 bits per heavy atom. The van der Waals surface area contributed by atoms with Gasteiger partial charge in [0, 0.05) is 30.5 Å². The highest BCUT2D eigenvalue weighted by Crippen LogP contribution is 2.22. The van der Waals surface area contributed by atoms with Gasteiger partial charge < -0.3 is 10.2 Å². The van der Waals surface area contributed by atoms with Crippen LogP contribution < -0.4 is 5.32 Å². The smallest absolute Gasteiger partial charge is 0.219 e. The van der Waals surface area contributed by atoms with Gasteiger partial charge in [0.05, 0.1) is 5.69 Å². The van der Waals surface area contributed by atoms with E-state index in [9.17, 15) is 9.18 Å². The van der Waals surface area contributed by atoms with Gasteiger partial charge in [0.1, 0.15) is 5.82 Å². The van der Waals surface area contributed by atoms with Crippen molar-refractivity contribution in [1.29, 1.82) is 0 Å². The van der Waals surface area contributed by atoms with Crippen molar-refractivity contribution in [1.82, 2.24) is 4.90 Å². The highest BCUT2D eigenvalue weighted by atomic mass is 79.9. The predicted octanol–water partition coefficient (Wildman–Crippen LogP) is 3.01. The van der Waals surface area contributed by atoms with Gasteiger partial charge in [-0.15, -0.1) is 0 Å². The number of hydrogen-bond donors (Lipinski definition) is 1. The highest BCUT2D eigenvalue weighted by Gasteiger charge is 2.21. The topological polar surface area (TPSA) is 32.3 Å². The molecule has 98 valence electrons. The molecule has 0 bridgehead atoms. The van der Waals surface area contributed by atoms with Crippen molar-refractivity contribution < 1.29 is 9.18 Å². The summed E-state index contributed by atoms with van der Waals surface area (Å²) in [5, 5.41) is 3.20. The Hall–Kier alpha value is -1.10. The van der Waals surface area contributed by atoms with Gasteiger partial charge in [-0.05, 0) is 31.0 Å². The molecule has 2 rings (SSSR count). The van der Waals surface area contributed by atoms with Crippen LogP contribution in [0.1, 0.15) is 19.8 Å². The van der Waals surface area contributed by atoms with E-state index in [1.165, 1.54) is 6.07 Å². The first-order valence-electron chi connectivity index (χ1n) is 6.03. The number of carbonyl (C=O) groups excluding carboxylic acids is 1. The first kappa shape index (κ1) is 13.3. The molecule has 1 fully saturated rings. The second-order valence-corrected chi connectivity index (χ2v) is 5.46. The molecule has 1 aromatic carbocycles. The van der Waals surface area contributed by atoms with Crippen LogP contribution in [0.5, 0.6) is 0 Å². The second kappa shape index (κ2) is 5.69. The van der Waals surface area contributed by atoms with E-state index in [2.05, 4.69) is 21.2 Å². The third kappa shape index (κ3) is 3.22. The van der Waals surface area contributed by atoms with Gasteiger partial charge in [-0.1, -0.05) is 15.9 Å². The average Bonchev–Trinajstić information content (AvgIpc) is 2.33. The molecule has 3 nitrogen and oxygen atoms in total. The van der Waals surface area contributed by atoms with Crippen LogP contribution in [0, 0.1) is 5.82 Å². The fourth-order valence-electron chi connectivity index (χ4n) is 2.17. The molecular formula is C13H16BrFN2O. The normalized spacial score (nSPS) is 16.7. The Labute approximate surface area is 114 Å². The van der Waals surface area contributed by atoms with Gasteiger partial charge in [-0.25, -0.2) is 4.39 Å². The van der Waals surface area contributed by atoms with Crippen LogP contribution in [-0.2, 0) is 4.79 Å². The molecule has 1 aromatic rings. The third-order valence-electron chi connectivity index (χ3n) is 3.23. The summed E-state index contributed by atoms with van der Waals surface area (Å²) in [5.74, 6) is -0.137. The highest BCUT2D eigenvalue weighted by molar-refractivity contribution is 9.10. The van der Waals surface area contributed by atoms with Gasteiger partial charge in [-0.2, -0.15) is 0 Å². The van der Waals surface area contributed by atoms with Crippen LogP contribution in [0.3, 0.4) is 0 Å². The summed E-state index contributed by atoms with van der Waals surface area (Å²) in [4.78, 5) is 13.0. The van der Waals surface area contributed by atoms with E-state index < -0.39 is 0 Å². The lowest BCUT2D eigenvalue weighted by Gasteiger charge is -2.32. The Bertz CT molecular complexity index is 445. The molecule has 1 heterocycles. The quantitative estimate of drug-likeness (QED) is 0.910. The fourth-order valence-corrected chi connectivity index (χ4v) is 2.50. The molecule has 1 aliphatic rings. The summed E-state index contributed by atoms with van der Waals surface area (Å²) in [6.45, 7) is 3.07. The van der Waals surface area contributed by atoms with Crippen molar-refractivity contribution in [3.05, 3.63) is 28.5 Å². The van der Waals surface area contributed by atoms with Crippen molar-refractivity contribution in [2.24, 2.45) is 0 Å². The number of nitrogens with one attached hydrogen (secondary N) is 1. The SMILES string of the molecule is CC(=O)N1CCC(Nc2ccc(Br)cc2F)CC1. The molecule has 0 atom stereocenters. The molecule has 0 spiro atoms. The monoisotopic (exact) mass is 314 g/mol. The fraction of sp³-hybridized carbons (Fsp3) is 0.462. The number of anilines is 1. The van der Waals surface area contributed by atoms with Crippen LogP contribution in [0.2, 0.25) is 0 Å². The number of likely N-dealkylation sites (tertiary alicyclic amines) is 1. The van der Waals surface area contributed by atoms with Crippen LogP contribution in [0.25, 0.3) is 0 Å². The van der Waals surface area contributed by atoms with Gasteiger partial charge in [0.15, 0.2) is 0 Å². The molecule has 18 heavy (non-hydrogen) atoms. The molecule has 1 amide bonds. The lowest BCUT2D eigenvalue weighted by molar-refractivity contribution is -0.129. The maximum Gasteiger partial charge on any atom is 0.219 e. The molecule has 0 radical (unpaired) electrons. The van der Waals surface area contributed by atoms with E-state index in [4.69, 9.17) is 0 Å². The number of carbonyl (C=O) groups is 1. The summed E-state index contributed by atoms with van der Waals surface area (Å²) >= 11 is 3.23. The molecule has 0 aromatic heterocycles. The molecule has 1 saturated heterocycles. The summed E-state index contributed by atoms with van der Waals surface area (Å²) in [6.07, 6.45) is 1.71. The van der Waals surface area contributed by atoms with E-state index >= 15 is 0 Å². The van der Waals surface area contributed by atoms with Crippen molar-refractivity contribution in [2.45, 2.75) is 25.8 Å². The third-order valence-corrected chi connectivity index (χ3v) is 3.72. The standard InChI is InChI=1S/C13H16BrFN2O/c1-9(18)17-6-4-11(5-7-17)16-13-3-2-10(14)8-12(13)15/h2-3,8,11,16H,4-7H2,1H3. The molecule has 0 unspecified atom stereocenters. The minimum atomic E-state index is -0.252. The lowest BCUT2D eigenvalue weighted by Crippen LogP contribution is -2.41. The van der Waals surface area contributed by atoms with Gasteiger partial charge in [0.25, 0.3) is 0 Å². The Kier molecular flexibility index (Phi) is 4.22. The minimum Gasteiger partial charge on any atom is -0.380 e. The largest absolute Gasteiger partial charge is 0.380 e. The maximum atomic E-state index is 13.7. The molecule has 0 aliphatic carbocycles. The van der Waals surface area contributed by atoms with E-state index in [0.29, 0.717) is 5.69 Å². The summed E-state index contributed by atoms with van der Waals surface area (Å²) in [6, 6.07) is 5.23. The number of nitrogens with zero attached hydrogens (tertiary/aromatic N) is 1. The van der Waals surface area contributed by atoms with Crippen LogP contribution in [-0.4, -0.2) is 29.9 Å². The van der Waals surface area contributed by atoms with Crippen LogP contribution in [0.4, 0.5) is 10.1 Å². The second-order valence-electron chi connectivity index (χ2n) is 4.55. The number of hydrogen-bond acceptors (Lipinski definition) is 2. The van der Waals surface area contributed by atoms with E-state index in [-0.39, 0.29) is 17.8 Å². The number of benzene rings is 1. The Morgan fingerprint density at radius 1 is 1.44 bits per heavy atom. The number of rotatable bonds is 2. The Morgan fingerprint density at radius 2 is 2.11 bits per heavy atom. The lowest BCUT2D eigenvalue weighted by atomic mass is 10.0. The summed E-state index contributed by atoms with van der Waals surface area (Å²) < 4.78 is 14.4. The van der Waals surface area contributed by atoms with Gasteiger partial charge >= 0.3 is 0 Å². The number of piperidine rings is 1.